The normalized spacial score (nSPS) is 21.0. The molecule has 0 spiro atoms. The molecule has 2 aliphatic rings. The summed E-state index contributed by atoms with van der Waals surface area (Å²) in [6.45, 7) is 3.94. The summed E-state index contributed by atoms with van der Waals surface area (Å²) in [5.41, 5.74) is 0.0754. The number of nitrogens with one attached hydrogen (secondary N) is 1. The number of fused-ring (bicyclic) bond motifs is 1. The second-order valence-corrected chi connectivity index (χ2v) is 14.3. The first-order chi connectivity index (χ1) is 21.9. The number of hydrogen-bond acceptors (Lipinski definition) is 10. The molecule has 2 aromatic carbocycles. The standard InChI is InChI=1S/C32H45N3O10S/c1-32(2,15-16-33-30(37)43-4)21-34(46(40,41)24-12-10-23(42-3)11-13-24)19-28(36)26(18-22-8-6-5-7-9-22)35(31(38)39)27-20-45-29-25(27)14-17-44-29/h5-13,25-29,36H,14-21H2,1-4H3,(H,33,37)(H,38,39)/p-1/t25-,26-,27-,28+,29+/m0/s1. The first-order valence-corrected chi connectivity index (χ1v) is 16.7. The van der Waals surface area contributed by atoms with Gasteiger partial charge in [-0.2, -0.15) is 4.31 Å². The predicted octanol–water partition coefficient (Wildman–Crippen LogP) is 1.84. The quantitative estimate of drug-likeness (QED) is 0.287. The first kappa shape index (κ1) is 35.4. The van der Waals surface area contributed by atoms with Crippen molar-refractivity contribution < 1.29 is 47.2 Å². The van der Waals surface area contributed by atoms with Crippen molar-refractivity contribution in [2.75, 3.05) is 47.1 Å². The Labute approximate surface area is 270 Å². The van der Waals surface area contributed by atoms with Crippen LogP contribution in [0.5, 0.6) is 5.75 Å². The van der Waals surface area contributed by atoms with Crippen LogP contribution in [0.25, 0.3) is 0 Å². The molecule has 254 valence electrons. The molecule has 0 aromatic heterocycles. The van der Waals surface area contributed by atoms with Crippen LogP contribution in [0.4, 0.5) is 9.59 Å². The molecule has 0 saturated carbocycles. The van der Waals surface area contributed by atoms with Gasteiger partial charge in [-0.3, -0.25) is 0 Å². The third-order valence-electron chi connectivity index (χ3n) is 8.61. The van der Waals surface area contributed by atoms with E-state index in [9.17, 15) is 28.2 Å². The summed E-state index contributed by atoms with van der Waals surface area (Å²) in [5.74, 6) is 0.226. The molecule has 0 unspecified atom stereocenters. The highest BCUT2D eigenvalue weighted by Gasteiger charge is 2.47. The zero-order valence-electron chi connectivity index (χ0n) is 26.7. The van der Waals surface area contributed by atoms with Crippen LogP contribution in [0.2, 0.25) is 0 Å². The molecule has 5 atom stereocenters. The van der Waals surface area contributed by atoms with Crippen LogP contribution in [0.3, 0.4) is 0 Å². The van der Waals surface area contributed by atoms with E-state index >= 15 is 0 Å². The molecule has 2 aliphatic heterocycles. The highest BCUT2D eigenvalue weighted by atomic mass is 32.2. The van der Waals surface area contributed by atoms with Crippen molar-refractivity contribution in [1.82, 2.24) is 14.5 Å². The molecule has 46 heavy (non-hydrogen) atoms. The van der Waals surface area contributed by atoms with Gasteiger partial charge >= 0.3 is 6.09 Å². The summed E-state index contributed by atoms with van der Waals surface area (Å²) in [6, 6.07) is 13.3. The number of carbonyl (C=O) groups is 2. The first-order valence-electron chi connectivity index (χ1n) is 15.3. The van der Waals surface area contributed by atoms with E-state index in [0.717, 1.165) is 10.5 Å². The highest BCUT2D eigenvalue weighted by Crippen LogP contribution is 2.36. The Hall–Kier alpha value is -3.43. The predicted molar refractivity (Wildman–Crippen MR) is 165 cm³/mol. The molecule has 0 radical (unpaired) electrons. The zero-order chi connectivity index (χ0) is 33.5. The van der Waals surface area contributed by atoms with Gasteiger partial charge in [0.25, 0.3) is 0 Å². The fourth-order valence-corrected chi connectivity index (χ4v) is 7.77. The van der Waals surface area contributed by atoms with Crippen LogP contribution in [-0.2, 0) is 30.7 Å². The number of ether oxygens (including phenoxy) is 4. The molecule has 0 aliphatic carbocycles. The van der Waals surface area contributed by atoms with Crippen LogP contribution in [0.15, 0.2) is 59.5 Å². The van der Waals surface area contributed by atoms with Gasteiger partial charge in [-0.1, -0.05) is 44.2 Å². The Morgan fingerprint density at radius 1 is 1.11 bits per heavy atom. The minimum absolute atomic E-state index is 0.0181. The minimum Gasteiger partial charge on any atom is -0.530 e. The largest absolute Gasteiger partial charge is 0.530 e. The molecule has 0 bridgehead atoms. The van der Waals surface area contributed by atoms with E-state index in [1.165, 1.54) is 42.8 Å². The van der Waals surface area contributed by atoms with Crippen molar-refractivity contribution in [2.24, 2.45) is 11.3 Å². The van der Waals surface area contributed by atoms with Crippen LogP contribution >= 0.6 is 0 Å². The summed E-state index contributed by atoms with van der Waals surface area (Å²) in [4.78, 5) is 25.6. The van der Waals surface area contributed by atoms with Gasteiger partial charge in [0.15, 0.2) is 6.29 Å². The Morgan fingerprint density at radius 3 is 2.43 bits per heavy atom. The molecular formula is C32H44N3O10S-. The minimum atomic E-state index is -4.21. The monoisotopic (exact) mass is 662 g/mol. The van der Waals surface area contributed by atoms with E-state index < -0.39 is 58.6 Å². The van der Waals surface area contributed by atoms with Crippen molar-refractivity contribution in [2.45, 2.75) is 62.5 Å². The summed E-state index contributed by atoms with van der Waals surface area (Å²) in [7, 11) is -1.48. The van der Waals surface area contributed by atoms with Gasteiger partial charge in [-0.25, -0.2) is 13.2 Å². The van der Waals surface area contributed by atoms with Crippen LogP contribution in [-0.4, -0.2) is 106 Å². The SMILES string of the molecule is COC(=O)NCCC(C)(C)CN(C[C@@H](O)[C@H](Cc1ccccc1)N(C(=O)[O-])[C@H]1CO[C@H]2OCC[C@H]21)S(=O)(=O)c1ccc(OC)cc1. The number of amides is 2. The molecule has 2 N–H and O–H groups in total. The number of nitrogens with zero attached hydrogens (tertiary/aromatic N) is 2. The van der Waals surface area contributed by atoms with Gasteiger partial charge in [0, 0.05) is 25.6 Å². The van der Waals surface area contributed by atoms with Gasteiger partial charge in [0.1, 0.15) is 11.8 Å². The Balaban J connectivity index is 1.68. The molecule has 2 fully saturated rings. The lowest BCUT2D eigenvalue weighted by Gasteiger charge is -2.43. The fourth-order valence-electron chi connectivity index (χ4n) is 6.13. The van der Waals surface area contributed by atoms with Crippen molar-refractivity contribution in [3.05, 3.63) is 60.2 Å². The summed E-state index contributed by atoms with van der Waals surface area (Å²) in [6.07, 6.45) is -3.03. The second kappa shape index (κ2) is 15.4. The maximum absolute atomic E-state index is 14.2. The van der Waals surface area contributed by atoms with Gasteiger partial charge in [0.05, 0.1) is 50.5 Å². The Kier molecular flexibility index (Phi) is 11.9. The molecule has 2 saturated heterocycles. The number of methoxy groups -OCH3 is 2. The summed E-state index contributed by atoms with van der Waals surface area (Å²) < 4.78 is 50.7. The number of benzene rings is 2. The summed E-state index contributed by atoms with van der Waals surface area (Å²) >= 11 is 0. The third-order valence-corrected chi connectivity index (χ3v) is 10.4. The third kappa shape index (κ3) is 8.68. The van der Waals surface area contributed by atoms with Crippen molar-refractivity contribution in [3.63, 3.8) is 0 Å². The number of sulfonamides is 1. The number of aliphatic hydroxyl groups excluding tert-OH is 1. The van der Waals surface area contributed by atoms with E-state index in [1.54, 1.807) is 0 Å². The molecule has 13 nitrogen and oxygen atoms in total. The van der Waals surface area contributed by atoms with Gasteiger partial charge in [0.2, 0.25) is 10.0 Å². The summed E-state index contributed by atoms with van der Waals surface area (Å²) in [5, 5.41) is 27.4. The van der Waals surface area contributed by atoms with Crippen LogP contribution < -0.4 is 15.2 Å². The van der Waals surface area contributed by atoms with E-state index in [-0.39, 0.29) is 36.9 Å². The molecule has 14 heteroatoms. The molecular weight excluding hydrogens is 618 g/mol. The van der Waals surface area contributed by atoms with Crippen molar-refractivity contribution >= 4 is 22.2 Å². The van der Waals surface area contributed by atoms with Crippen LogP contribution in [0.1, 0.15) is 32.3 Å². The number of rotatable bonds is 15. The number of carboxylic acid groups (broad SMARTS) is 1. The van der Waals surface area contributed by atoms with E-state index in [4.69, 9.17) is 14.2 Å². The average Bonchev–Trinajstić information content (AvgIpc) is 3.65. The van der Waals surface area contributed by atoms with Crippen molar-refractivity contribution in [1.29, 1.82) is 0 Å². The molecule has 2 amide bonds. The lowest BCUT2D eigenvalue weighted by atomic mass is 9.89. The van der Waals surface area contributed by atoms with Gasteiger partial charge in [-0.15, -0.1) is 0 Å². The van der Waals surface area contributed by atoms with E-state index in [1.807, 2.05) is 44.2 Å². The number of alkyl carbamates (subject to hydrolysis) is 1. The maximum atomic E-state index is 14.2. The number of hydrogen-bond donors (Lipinski definition) is 2. The lowest BCUT2D eigenvalue weighted by molar-refractivity contribution is -0.273. The second-order valence-electron chi connectivity index (χ2n) is 12.4. The van der Waals surface area contributed by atoms with E-state index in [2.05, 4.69) is 10.1 Å². The Morgan fingerprint density at radius 2 is 1.80 bits per heavy atom. The highest BCUT2D eigenvalue weighted by molar-refractivity contribution is 7.89. The van der Waals surface area contributed by atoms with Gasteiger partial charge in [-0.05, 0) is 54.5 Å². The van der Waals surface area contributed by atoms with E-state index in [0.29, 0.717) is 25.2 Å². The number of carbonyl (C=O) groups excluding carboxylic acids is 2. The van der Waals surface area contributed by atoms with Crippen molar-refractivity contribution in [3.8, 4) is 5.75 Å². The average molecular weight is 663 g/mol. The fraction of sp³-hybridized carbons (Fsp3) is 0.562. The smallest absolute Gasteiger partial charge is 0.406 e. The van der Waals surface area contributed by atoms with Gasteiger partial charge < -0.3 is 44.2 Å². The number of aliphatic hydroxyl groups is 1. The molecule has 2 aromatic rings. The lowest BCUT2D eigenvalue weighted by Crippen LogP contribution is -2.61. The Bertz CT molecular complexity index is 1410. The topological polar surface area (TPSA) is 167 Å². The molecule has 4 rings (SSSR count). The van der Waals surface area contributed by atoms with Crippen LogP contribution in [0, 0.1) is 11.3 Å². The molecule has 2 heterocycles. The zero-order valence-corrected chi connectivity index (χ0v) is 27.5. The maximum Gasteiger partial charge on any atom is 0.406 e.